The molecule has 2 aromatic rings. The minimum atomic E-state index is 0.396. The normalized spacial score (nSPS) is 21.7. The zero-order chi connectivity index (χ0) is 16.3. The molecule has 2 nitrogen and oxygen atoms in total. The first-order valence-electron chi connectivity index (χ1n) is 8.80. The maximum atomic E-state index is 3.61. The van der Waals surface area contributed by atoms with Crippen molar-refractivity contribution in [3.05, 3.63) is 51.5 Å². The van der Waals surface area contributed by atoms with Crippen LogP contribution < -0.4 is 9.80 Å². The second-order valence-corrected chi connectivity index (χ2v) is 9.11. The van der Waals surface area contributed by atoms with E-state index in [1.807, 2.05) is 11.8 Å². The highest BCUT2D eigenvalue weighted by molar-refractivity contribution is 9.10. The standard InChI is InChI=1S/C20H21BrN2S/c1-22-17-7-6-16(21)12-18(17)24-20(22)15-10-13-4-2-8-23-9-3-5-14(11-15)19(13)23/h6-7,10-12,20H,2-5,8-9H2,1H3. The van der Waals surface area contributed by atoms with Crippen LogP contribution in [0.5, 0.6) is 0 Å². The molecule has 0 amide bonds. The van der Waals surface area contributed by atoms with Gasteiger partial charge in [-0.05, 0) is 60.6 Å². The second kappa shape index (κ2) is 5.70. The molecule has 1 atom stereocenters. The Balaban J connectivity index is 1.57. The number of halogens is 1. The van der Waals surface area contributed by atoms with Gasteiger partial charge in [-0.15, -0.1) is 0 Å². The Morgan fingerprint density at radius 3 is 2.46 bits per heavy atom. The van der Waals surface area contributed by atoms with Gasteiger partial charge >= 0.3 is 0 Å². The summed E-state index contributed by atoms with van der Waals surface area (Å²) < 4.78 is 1.17. The van der Waals surface area contributed by atoms with Crippen molar-refractivity contribution in [3.63, 3.8) is 0 Å². The fourth-order valence-electron chi connectivity index (χ4n) is 4.46. The Hall–Kier alpha value is -1.13. The number of hydrogen-bond acceptors (Lipinski definition) is 3. The zero-order valence-electron chi connectivity index (χ0n) is 13.9. The zero-order valence-corrected chi connectivity index (χ0v) is 16.3. The summed E-state index contributed by atoms with van der Waals surface area (Å²) in [4.78, 5) is 6.44. The van der Waals surface area contributed by atoms with Crippen molar-refractivity contribution in [2.24, 2.45) is 0 Å². The molecule has 0 saturated carbocycles. The number of nitrogens with zero attached hydrogens (tertiary/aromatic N) is 2. The number of aryl methyl sites for hydroxylation is 2. The van der Waals surface area contributed by atoms with Gasteiger partial charge in [-0.2, -0.15) is 0 Å². The lowest BCUT2D eigenvalue weighted by Crippen LogP contribution is -2.34. The van der Waals surface area contributed by atoms with E-state index in [4.69, 9.17) is 0 Å². The summed E-state index contributed by atoms with van der Waals surface area (Å²) in [5, 5.41) is 0.396. The number of fused-ring (bicyclic) bond motifs is 1. The van der Waals surface area contributed by atoms with E-state index in [1.165, 1.54) is 59.4 Å². The topological polar surface area (TPSA) is 6.48 Å². The highest BCUT2D eigenvalue weighted by atomic mass is 79.9. The van der Waals surface area contributed by atoms with Gasteiger partial charge in [-0.3, -0.25) is 0 Å². The highest BCUT2D eigenvalue weighted by Gasteiger charge is 2.31. The van der Waals surface area contributed by atoms with Crippen LogP contribution in [-0.4, -0.2) is 20.1 Å². The van der Waals surface area contributed by atoms with Crippen molar-refractivity contribution in [1.29, 1.82) is 0 Å². The van der Waals surface area contributed by atoms with Gasteiger partial charge in [0.25, 0.3) is 0 Å². The molecule has 0 aliphatic carbocycles. The van der Waals surface area contributed by atoms with Crippen LogP contribution in [0.1, 0.15) is 34.9 Å². The summed E-state index contributed by atoms with van der Waals surface area (Å²) in [6, 6.07) is 11.6. The van der Waals surface area contributed by atoms with Gasteiger partial charge in [0.2, 0.25) is 0 Å². The van der Waals surface area contributed by atoms with Crippen LogP contribution in [-0.2, 0) is 12.8 Å². The summed E-state index contributed by atoms with van der Waals surface area (Å²) in [6.45, 7) is 2.49. The summed E-state index contributed by atoms with van der Waals surface area (Å²) >= 11 is 5.59. The monoisotopic (exact) mass is 400 g/mol. The molecule has 0 aromatic heterocycles. The van der Waals surface area contributed by atoms with Crippen LogP contribution in [0.15, 0.2) is 39.7 Å². The number of anilines is 2. The number of thioether (sulfide) groups is 1. The summed E-state index contributed by atoms with van der Waals surface area (Å²) in [7, 11) is 2.23. The Morgan fingerprint density at radius 2 is 1.75 bits per heavy atom. The van der Waals surface area contributed by atoms with Crippen LogP contribution in [0.3, 0.4) is 0 Å². The molecule has 0 radical (unpaired) electrons. The van der Waals surface area contributed by atoms with Gasteiger partial charge in [0.1, 0.15) is 5.37 Å². The molecular weight excluding hydrogens is 380 g/mol. The Morgan fingerprint density at radius 1 is 1.04 bits per heavy atom. The van der Waals surface area contributed by atoms with E-state index < -0.39 is 0 Å². The fourth-order valence-corrected chi connectivity index (χ4v) is 6.29. The number of benzene rings is 2. The first kappa shape index (κ1) is 15.2. The van der Waals surface area contributed by atoms with Crippen LogP contribution >= 0.6 is 27.7 Å². The van der Waals surface area contributed by atoms with Crippen molar-refractivity contribution in [2.75, 3.05) is 29.9 Å². The lowest BCUT2D eigenvalue weighted by Gasteiger charge is -2.38. The minimum Gasteiger partial charge on any atom is -0.371 e. The summed E-state index contributed by atoms with van der Waals surface area (Å²) in [5.74, 6) is 0. The van der Waals surface area contributed by atoms with Crippen molar-refractivity contribution in [3.8, 4) is 0 Å². The van der Waals surface area contributed by atoms with Crippen molar-refractivity contribution in [2.45, 2.75) is 36.0 Å². The minimum absolute atomic E-state index is 0.396. The second-order valence-electron chi connectivity index (χ2n) is 7.08. The van der Waals surface area contributed by atoms with Crippen molar-refractivity contribution in [1.82, 2.24) is 0 Å². The van der Waals surface area contributed by atoms with Crippen LogP contribution in [0.2, 0.25) is 0 Å². The summed E-state index contributed by atoms with van der Waals surface area (Å²) in [5.41, 5.74) is 7.56. The molecule has 3 heterocycles. The van der Waals surface area contributed by atoms with Crippen LogP contribution in [0.25, 0.3) is 0 Å². The average molecular weight is 401 g/mol. The van der Waals surface area contributed by atoms with Gasteiger partial charge in [0.05, 0.1) is 5.69 Å². The number of hydrogen-bond donors (Lipinski definition) is 0. The predicted octanol–water partition coefficient (Wildman–Crippen LogP) is 5.39. The van der Waals surface area contributed by atoms with Crippen molar-refractivity contribution >= 4 is 39.1 Å². The van der Waals surface area contributed by atoms with E-state index in [9.17, 15) is 0 Å². The molecule has 3 aliphatic heterocycles. The molecule has 1 unspecified atom stereocenters. The fraction of sp³-hybridized carbons (Fsp3) is 0.400. The van der Waals surface area contributed by atoms with E-state index in [-0.39, 0.29) is 0 Å². The molecule has 0 bridgehead atoms. The highest BCUT2D eigenvalue weighted by Crippen LogP contribution is 2.52. The third-order valence-electron chi connectivity index (χ3n) is 5.53. The van der Waals surface area contributed by atoms with Gasteiger partial charge in [0.15, 0.2) is 0 Å². The first-order valence-corrected chi connectivity index (χ1v) is 10.5. The summed E-state index contributed by atoms with van der Waals surface area (Å²) in [6.07, 6.45) is 5.09. The van der Waals surface area contributed by atoms with Gasteiger partial charge in [-0.25, -0.2) is 0 Å². The molecule has 124 valence electrons. The molecular formula is C20H21BrN2S. The van der Waals surface area contributed by atoms with Gasteiger partial charge in [-0.1, -0.05) is 39.8 Å². The van der Waals surface area contributed by atoms with E-state index in [1.54, 1.807) is 16.8 Å². The Labute approximate surface area is 156 Å². The maximum Gasteiger partial charge on any atom is 0.105 e. The SMILES string of the molecule is CN1c2ccc(Br)cc2SC1c1cc2c3c(c1)CCCN3CCC2. The molecule has 0 saturated heterocycles. The molecule has 24 heavy (non-hydrogen) atoms. The largest absolute Gasteiger partial charge is 0.371 e. The molecule has 4 heteroatoms. The molecule has 5 rings (SSSR count). The average Bonchev–Trinajstić information content (AvgIpc) is 2.91. The Kier molecular flexibility index (Phi) is 3.60. The van der Waals surface area contributed by atoms with Crippen molar-refractivity contribution < 1.29 is 0 Å². The van der Waals surface area contributed by atoms with Crippen LogP contribution in [0, 0.1) is 0 Å². The Bertz CT molecular complexity index is 788. The van der Waals surface area contributed by atoms with Gasteiger partial charge < -0.3 is 9.80 Å². The van der Waals surface area contributed by atoms with E-state index in [2.05, 4.69) is 63.1 Å². The van der Waals surface area contributed by atoms with E-state index in [0.29, 0.717) is 5.37 Å². The lowest BCUT2D eigenvalue weighted by atomic mass is 9.90. The molecule has 0 N–H and O–H groups in total. The van der Waals surface area contributed by atoms with Gasteiger partial charge in [0, 0.05) is 35.2 Å². The quantitative estimate of drug-likeness (QED) is 0.633. The van der Waals surface area contributed by atoms with E-state index >= 15 is 0 Å². The molecule has 3 aliphatic rings. The van der Waals surface area contributed by atoms with Crippen LogP contribution in [0.4, 0.5) is 11.4 Å². The lowest BCUT2D eigenvalue weighted by molar-refractivity contribution is 0.632. The smallest absolute Gasteiger partial charge is 0.105 e. The first-order chi connectivity index (χ1) is 11.7. The molecule has 0 spiro atoms. The molecule has 0 fully saturated rings. The third kappa shape index (κ3) is 2.30. The third-order valence-corrected chi connectivity index (χ3v) is 7.42. The van der Waals surface area contributed by atoms with E-state index in [0.717, 1.165) is 0 Å². The predicted molar refractivity (Wildman–Crippen MR) is 106 cm³/mol. The molecule has 2 aromatic carbocycles. The maximum absolute atomic E-state index is 3.61. The number of rotatable bonds is 1.